The molecule has 2 unspecified atom stereocenters. The molecule has 1 fully saturated rings. The smallest absolute Gasteiger partial charge is 0.163 e. The largest absolute Gasteiger partial charge is 0.394 e. The van der Waals surface area contributed by atoms with Crippen molar-refractivity contribution in [3.05, 3.63) is 71.4 Å². The average molecular weight is 397 g/mol. The van der Waals surface area contributed by atoms with Crippen molar-refractivity contribution in [2.75, 3.05) is 6.61 Å². The van der Waals surface area contributed by atoms with Crippen molar-refractivity contribution in [3.8, 4) is 0 Å². The number of fused-ring (bicyclic) bond motifs is 1. The summed E-state index contributed by atoms with van der Waals surface area (Å²) in [6.07, 6.45) is -2.31. The topological polar surface area (TPSA) is 95.1 Å². The molecule has 4 rings (SSSR count). The number of para-hydroxylation sites is 1. The SMILES string of the molecule is CCc1ccc(Cc2cn([C@@H]3OC(CO)[C@@H](O)C(O)[C@H]3O)c3ccccc23)cc1. The lowest BCUT2D eigenvalue weighted by Crippen LogP contribution is -2.56. The second-order valence-electron chi connectivity index (χ2n) is 7.65. The highest BCUT2D eigenvalue weighted by molar-refractivity contribution is 5.84. The zero-order chi connectivity index (χ0) is 20.5. The van der Waals surface area contributed by atoms with Crippen LogP contribution in [0.4, 0.5) is 0 Å². The first-order chi connectivity index (χ1) is 14.0. The number of aliphatic hydroxyl groups excluding tert-OH is 4. The molecular weight excluding hydrogens is 370 g/mol. The number of ether oxygens (including phenoxy) is 1. The summed E-state index contributed by atoms with van der Waals surface area (Å²) in [5.74, 6) is 0. The zero-order valence-corrected chi connectivity index (χ0v) is 16.3. The Kier molecular flexibility index (Phi) is 5.72. The number of aryl methyl sites for hydroxylation is 1. The van der Waals surface area contributed by atoms with Gasteiger partial charge >= 0.3 is 0 Å². The van der Waals surface area contributed by atoms with E-state index in [0.29, 0.717) is 0 Å². The summed E-state index contributed by atoms with van der Waals surface area (Å²) in [7, 11) is 0. The minimum atomic E-state index is -1.41. The number of rotatable bonds is 5. The maximum atomic E-state index is 10.6. The van der Waals surface area contributed by atoms with Gasteiger partial charge in [0.2, 0.25) is 0 Å². The monoisotopic (exact) mass is 397 g/mol. The molecule has 2 heterocycles. The van der Waals surface area contributed by atoms with Crippen LogP contribution in [0.25, 0.3) is 10.9 Å². The van der Waals surface area contributed by atoms with Gasteiger partial charge in [0.05, 0.1) is 12.1 Å². The highest BCUT2D eigenvalue weighted by atomic mass is 16.6. The first-order valence-corrected chi connectivity index (χ1v) is 10.00. The molecule has 0 bridgehead atoms. The molecule has 0 aliphatic carbocycles. The lowest BCUT2D eigenvalue weighted by molar-refractivity contribution is -0.250. The fraction of sp³-hybridized carbons (Fsp3) is 0.391. The van der Waals surface area contributed by atoms with Crippen LogP contribution in [0.1, 0.15) is 29.8 Å². The summed E-state index contributed by atoms with van der Waals surface area (Å²) in [5, 5.41) is 41.3. The fourth-order valence-corrected chi connectivity index (χ4v) is 4.05. The Balaban J connectivity index is 1.72. The molecule has 6 heteroatoms. The van der Waals surface area contributed by atoms with Gasteiger partial charge in [0.25, 0.3) is 0 Å². The molecule has 4 N–H and O–H groups in total. The van der Waals surface area contributed by atoms with Gasteiger partial charge in [-0.25, -0.2) is 0 Å². The molecule has 1 aliphatic heterocycles. The van der Waals surface area contributed by atoms with Crippen molar-refractivity contribution in [2.24, 2.45) is 0 Å². The number of hydrogen-bond donors (Lipinski definition) is 4. The third-order valence-corrected chi connectivity index (χ3v) is 5.79. The molecule has 6 nitrogen and oxygen atoms in total. The molecule has 29 heavy (non-hydrogen) atoms. The van der Waals surface area contributed by atoms with Gasteiger partial charge in [-0.2, -0.15) is 0 Å². The third kappa shape index (κ3) is 3.70. The van der Waals surface area contributed by atoms with Crippen LogP contribution >= 0.6 is 0 Å². The predicted molar refractivity (Wildman–Crippen MR) is 110 cm³/mol. The van der Waals surface area contributed by atoms with Crippen LogP contribution in [0.2, 0.25) is 0 Å². The van der Waals surface area contributed by atoms with Gasteiger partial charge < -0.3 is 29.7 Å². The predicted octanol–water partition coefficient (Wildman–Crippen LogP) is 1.77. The Labute approximate surface area is 169 Å². The van der Waals surface area contributed by atoms with E-state index in [9.17, 15) is 20.4 Å². The molecule has 0 saturated carbocycles. The Bertz CT molecular complexity index is 965. The van der Waals surface area contributed by atoms with Crippen LogP contribution < -0.4 is 0 Å². The number of nitrogens with zero attached hydrogens (tertiary/aromatic N) is 1. The van der Waals surface area contributed by atoms with Gasteiger partial charge in [-0.3, -0.25) is 0 Å². The van der Waals surface area contributed by atoms with Crippen LogP contribution in [-0.2, 0) is 17.6 Å². The number of benzene rings is 2. The quantitative estimate of drug-likeness (QED) is 0.526. The van der Waals surface area contributed by atoms with Crippen LogP contribution in [0.3, 0.4) is 0 Å². The van der Waals surface area contributed by atoms with Gasteiger partial charge in [-0.05, 0) is 35.6 Å². The number of aliphatic hydroxyl groups is 4. The van der Waals surface area contributed by atoms with Crippen LogP contribution in [0, 0.1) is 0 Å². The van der Waals surface area contributed by atoms with Gasteiger partial charge in [-0.1, -0.05) is 49.4 Å². The lowest BCUT2D eigenvalue weighted by atomic mass is 9.98. The van der Waals surface area contributed by atoms with E-state index in [0.717, 1.165) is 29.3 Å². The minimum Gasteiger partial charge on any atom is -0.394 e. The molecule has 0 radical (unpaired) electrons. The van der Waals surface area contributed by atoms with Crippen molar-refractivity contribution in [1.82, 2.24) is 4.57 Å². The van der Waals surface area contributed by atoms with Gasteiger partial charge in [-0.15, -0.1) is 0 Å². The highest BCUT2D eigenvalue weighted by Crippen LogP contribution is 2.33. The molecule has 0 spiro atoms. The normalized spacial score (nSPS) is 27.4. The highest BCUT2D eigenvalue weighted by Gasteiger charge is 2.44. The van der Waals surface area contributed by atoms with Crippen molar-refractivity contribution in [1.29, 1.82) is 0 Å². The molecule has 1 aliphatic rings. The summed E-state index contributed by atoms with van der Waals surface area (Å²) in [6.45, 7) is 1.68. The van der Waals surface area contributed by atoms with E-state index in [1.54, 1.807) is 4.57 Å². The number of aromatic nitrogens is 1. The average Bonchev–Trinajstić information content (AvgIpc) is 3.11. The van der Waals surface area contributed by atoms with Gasteiger partial charge in [0, 0.05) is 11.6 Å². The molecule has 3 aromatic rings. The Morgan fingerprint density at radius 2 is 1.59 bits per heavy atom. The summed E-state index contributed by atoms with van der Waals surface area (Å²) in [5.41, 5.74) is 4.40. The molecule has 1 saturated heterocycles. The van der Waals surface area contributed by atoms with Crippen molar-refractivity contribution < 1.29 is 25.2 Å². The summed E-state index contributed by atoms with van der Waals surface area (Å²) < 4.78 is 7.56. The first kappa shape index (κ1) is 20.1. The zero-order valence-electron chi connectivity index (χ0n) is 16.3. The van der Waals surface area contributed by atoms with Crippen LogP contribution in [-0.4, -0.2) is 56.0 Å². The first-order valence-electron chi connectivity index (χ1n) is 10.00. The standard InChI is InChI=1S/C23H27NO5/c1-2-14-7-9-15(10-8-14)11-16-12-24(18-6-4-3-5-17(16)18)23-22(28)21(27)20(26)19(13-25)29-23/h3-10,12,19-23,25-28H,2,11,13H2,1H3/t19?,20-,21?,22-,23-/m1/s1. The maximum Gasteiger partial charge on any atom is 0.163 e. The Morgan fingerprint density at radius 3 is 2.28 bits per heavy atom. The third-order valence-electron chi connectivity index (χ3n) is 5.79. The molecule has 0 amide bonds. The summed E-state index contributed by atoms with van der Waals surface area (Å²) >= 11 is 0. The van der Waals surface area contributed by atoms with Crippen molar-refractivity contribution in [2.45, 2.75) is 50.4 Å². The summed E-state index contributed by atoms with van der Waals surface area (Å²) in [6, 6.07) is 16.3. The molecule has 2 aromatic carbocycles. The van der Waals surface area contributed by atoms with E-state index in [-0.39, 0.29) is 0 Å². The minimum absolute atomic E-state index is 0.447. The molecular formula is C23H27NO5. The van der Waals surface area contributed by atoms with E-state index in [1.165, 1.54) is 11.1 Å². The van der Waals surface area contributed by atoms with E-state index in [4.69, 9.17) is 4.74 Å². The van der Waals surface area contributed by atoms with Gasteiger partial charge in [0.15, 0.2) is 6.23 Å². The van der Waals surface area contributed by atoms with E-state index in [2.05, 4.69) is 31.2 Å². The second kappa shape index (κ2) is 8.26. The maximum absolute atomic E-state index is 10.6. The van der Waals surface area contributed by atoms with Crippen molar-refractivity contribution in [3.63, 3.8) is 0 Å². The van der Waals surface area contributed by atoms with E-state index >= 15 is 0 Å². The van der Waals surface area contributed by atoms with E-state index < -0.39 is 37.3 Å². The lowest BCUT2D eigenvalue weighted by Gasteiger charge is -2.40. The molecule has 1 aromatic heterocycles. The fourth-order valence-electron chi connectivity index (χ4n) is 4.05. The summed E-state index contributed by atoms with van der Waals surface area (Å²) in [4.78, 5) is 0. The molecule has 154 valence electrons. The van der Waals surface area contributed by atoms with E-state index in [1.807, 2.05) is 30.5 Å². The Morgan fingerprint density at radius 1 is 0.897 bits per heavy atom. The van der Waals surface area contributed by atoms with Crippen LogP contribution in [0.15, 0.2) is 54.7 Å². The van der Waals surface area contributed by atoms with Crippen molar-refractivity contribution >= 4 is 10.9 Å². The van der Waals surface area contributed by atoms with Gasteiger partial charge in [0.1, 0.15) is 24.4 Å². The second-order valence-corrected chi connectivity index (χ2v) is 7.65. The van der Waals surface area contributed by atoms with Crippen LogP contribution in [0.5, 0.6) is 0 Å². The number of hydrogen-bond acceptors (Lipinski definition) is 5. The Hall–Kier alpha value is -2.22. The molecule has 5 atom stereocenters.